The fourth-order valence-corrected chi connectivity index (χ4v) is 4.10. The second-order valence-corrected chi connectivity index (χ2v) is 7.71. The summed E-state index contributed by atoms with van der Waals surface area (Å²) in [5.41, 5.74) is 0. The molecule has 0 spiro atoms. The van der Waals surface area contributed by atoms with E-state index in [1.165, 1.54) is 9.75 Å². The molecule has 5 nitrogen and oxygen atoms in total. The Bertz CT molecular complexity index is 557. The number of unbranched alkanes of at least 4 members (excludes halogenated alkanes) is 1. The quantitative estimate of drug-likeness (QED) is 0.198. The van der Waals surface area contributed by atoms with Gasteiger partial charge in [-0.05, 0) is 31.9 Å². The molecule has 1 unspecified atom stereocenters. The summed E-state index contributed by atoms with van der Waals surface area (Å²) >= 11 is 1.89. The minimum atomic E-state index is 0. The molecule has 26 heavy (non-hydrogen) atoms. The first-order chi connectivity index (χ1) is 12.2. The van der Waals surface area contributed by atoms with E-state index in [0.29, 0.717) is 6.04 Å². The first kappa shape index (κ1) is 23.4. The average molecular weight is 492 g/mol. The highest BCUT2D eigenvalue weighted by molar-refractivity contribution is 14.0. The van der Waals surface area contributed by atoms with Gasteiger partial charge in [0.25, 0.3) is 0 Å². The van der Waals surface area contributed by atoms with Crippen molar-refractivity contribution in [3.05, 3.63) is 34.5 Å². The number of thiophene rings is 1. The van der Waals surface area contributed by atoms with Gasteiger partial charge in [-0.25, -0.2) is 0 Å². The lowest BCUT2D eigenvalue weighted by Crippen LogP contribution is -2.46. The highest BCUT2D eigenvalue weighted by Gasteiger charge is 2.24. The van der Waals surface area contributed by atoms with Crippen molar-refractivity contribution in [1.29, 1.82) is 0 Å². The Hall–Kier alpha value is -0.640. The van der Waals surface area contributed by atoms with Gasteiger partial charge >= 0.3 is 0 Å². The lowest BCUT2D eigenvalue weighted by molar-refractivity contribution is 0.0176. The van der Waals surface area contributed by atoms with Crippen molar-refractivity contribution in [1.82, 2.24) is 15.1 Å². The summed E-state index contributed by atoms with van der Waals surface area (Å²) in [5, 5.41) is 3.58. The third kappa shape index (κ3) is 7.17. The summed E-state index contributed by atoms with van der Waals surface area (Å²) in [7, 11) is 3.95. The number of rotatable bonds is 8. The summed E-state index contributed by atoms with van der Waals surface area (Å²) < 4.78 is 5.53. The molecule has 1 N–H and O–H groups in total. The van der Waals surface area contributed by atoms with Gasteiger partial charge in [-0.3, -0.25) is 9.89 Å². The fraction of sp³-hybridized carbons (Fsp3) is 0.632. The molecule has 2 rings (SSSR count). The zero-order valence-electron chi connectivity index (χ0n) is 16.2. The molecule has 1 fully saturated rings. The maximum atomic E-state index is 5.53. The number of ether oxygens (including phenoxy) is 1. The first-order valence-electron chi connectivity index (χ1n) is 9.06. The highest BCUT2D eigenvalue weighted by atomic mass is 127. The van der Waals surface area contributed by atoms with Crippen molar-refractivity contribution in [2.75, 3.05) is 53.5 Å². The Labute approximate surface area is 179 Å². The number of aliphatic imine (C=N–C) groups is 1. The molecular weight excluding hydrogens is 459 g/mol. The molecule has 148 valence electrons. The van der Waals surface area contributed by atoms with Crippen LogP contribution in [-0.4, -0.2) is 69.2 Å². The van der Waals surface area contributed by atoms with Gasteiger partial charge in [0, 0.05) is 50.0 Å². The molecule has 0 bridgehead atoms. The van der Waals surface area contributed by atoms with E-state index in [2.05, 4.69) is 52.8 Å². The SMILES string of the molecule is C=CCCCN(C)C(=NC)NCC(c1ccc(C)s1)N1CCOCC1.I. The Morgan fingerprint density at radius 3 is 2.77 bits per heavy atom. The van der Waals surface area contributed by atoms with Crippen molar-refractivity contribution in [3.63, 3.8) is 0 Å². The molecule has 1 aromatic heterocycles. The predicted molar refractivity (Wildman–Crippen MR) is 123 cm³/mol. The normalized spacial score (nSPS) is 16.7. The Morgan fingerprint density at radius 2 is 2.19 bits per heavy atom. The molecule has 1 atom stereocenters. The van der Waals surface area contributed by atoms with E-state index in [9.17, 15) is 0 Å². The number of nitrogens with one attached hydrogen (secondary N) is 1. The molecule has 0 amide bonds. The van der Waals surface area contributed by atoms with Crippen molar-refractivity contribution < 1.29 is 4.74 Å². The van der Waals surface area contributed by atoms with Gasteiger partial charge in [0.2, 0.25) is 0 Å². The summed E-state index contributed by atoms with van der Waals surface area (Å²) in [6, 6.07) is 4.84. The van der Waals surface area contributed by atoms with E-state index < -0.39 is 0 Å². The Balaban J connectivity index is 0.00000338. The first-order valence-corrected chi connectivity index (χ1v) is 9.88. The minimum Gasteiger partial charge on any atom is -0.379 e. The van der Waals surface area contributed by atoms with E-state index in [1.807, 2.05) is 24.5 Å². The van der Waals surface area contributed by atoms with E-state index in [1.54, 1.807) is 0 Å². The molecule has 7 heteroatoms. The van der Waals surface area contributed by atoms with Gasteiger partial charge in [-0.2, -0.15) is 0 Å². The number of hydrogen-bond donors (Lipinski definition) is 1. The van der Waals surface area contributed by atoms with Crippen LogP contribution in [0, 0.1) is 6.92 Å². The zero-order chi connectivity index (χ0) is 18.1. The number of allylic oxidation sites excluding steroid dienone is 1. The van der Waals surface area contributed by atoms with Gasteiger partial charge in [0.05, 0.1) is 19.3 Å². The number of aryl methyl sites for hydroxylation is 1. The smallest absolute Gasteiger partial charge is 0.193 e. The summed E-state index contributed by atoms with van der Waals surface area (Å²) in [6.45, 7) is 11.4. The fourth-order valence-electron chi connectivity index (χ4n) is 3.08. The van der Waals surface area contributed by atoms with Crippen LogP contribution in [0.15, 0.2) is 29.8 Å². The Kier molecular flexibility index (Phi) is 11.4. The number of guanidine groups is 1. The summed E-state index contributed by atoms with van der Waals surface area (Å²) in [4.78, 5) is 11.9. The molecule has 1 aliphatic rings. The van der Waals surface area contributed by atoms with Gasteiger partial charge in [0.15, 0.2) is 5.96 Å². The van der Waals surface area contributed by atoms with E-state index >= 15 is 0 Å². The van der Waals surface area contributed by atoms with Crippen LogP contribution in [0.3, 0.4) is 0 Å². The standard InChI is InChI=1S/C19H32N4OS.HI/c1-5-6-7-10-22(4)19(20-3)21-15-17(18-9-8-16(2)25-18)23-11-13-24-14-12-23;/h5,8-9,17H,1,6-7,10-15H2,2-4H3,(H,20,21);1H. The molecule has 1 saturated heterocycles. The van der Waals surface area contributed by atoms with Crippen LogP contribution in [0.1, 0.15) is 28.6 Å². The Morgan fingerprint density at radius 1 is 1.46 bits per heavy atom. The van der Waals surface area contributed by atoms with Crippen LogP contribution < -0.4 is 5.32 Å². The maximum absolute atomic E-state index is 5.53. The van der Waals surface area contributed by atoms with Crippen molar-refractivity contribution in [3.8, 4) is 0 Å². The van der Waals surface area contributed by atoms with Crippen LogP contribution in [0.25, 0.3) is 0 Å². The molecule has 2 heterocycles. The molecular formula is C19H33IN4OS. The number of morpholine rings is 1. The van der Waals surface area contributed by atoms with Gasteiger partial charge in [0.1, 0.15) is 0 Å². The van der Waals surface area contributed by atoms with Crippen LogP contribution in [-0.2, 0) is 4.74 Å². The molecule has 0 aromatic carbocycles. The lowest BCUT2D eigenvalue weighted by atomic mass is 10.2. The van der Waals surface area contributed by atoms with Crippen molar-refractivity contribution >= 4 is 41.3 Å². The third-order valence-electron chi connectivity index (χ3n) is 4.50. The van der Waals surface area contributed by atoms with Crippen LogP contribution in [0.4, 0.5) is 0 Å². The van der Waals surface area contributed by atoms with Gasteiger partial charge < -0.3 is 15.0 Å². The van der Waals surface area contributed by atoms with Crippen molar-refractivity contribution in [2.45, 2.75) is 25.8 Å². The lowest BCUT2D eigenvalue weighted by Gasteiger charge is -2.35. The van der Waals surface area contributed by atoms with Crippen LogP contribution in [0.5, 0.6) is 0 Å². The average Bonchev–Trinajstić information content (AvgIpc) is 3.05. The molecule has 0 aliphatic carbocycles. The monoisotopic (exact) mass is 492 g/mol. The zero-order valence-corrected chi connectivity index (χ0v) is 19.4. The van der Waals surface area contributed by atoms with Crippen molar-refractivity contribution in [2.24, 2.45) is 4.99 Å². The molecule has 0 radical (unpaired) electrons. The number of hydrogen-bond acceptors (Lipinski definition) is 4. The topological polar surface area (TPSA) is 40.1 Å². The molecule has 1 aliphatic heterocycles. The van der Waals surface area contributed by atoms with E-state index in [4.69, 9.17) is 4.74 Å². The molecule has 0 saturated carbocycles. The number of nitrogens with zero attached hydrogens (tertiary/aromatic N) is 3. The third-order valence-corrected chi connectivity index (χ3v) is 5.61. The largest absolute Gasteiger partial charge is 0.379 e. The van der Waals surface area contributed by atoms with Crippen LogP contribution in [0.2, 0.25) is 0 Å². The summed E-state index contributed by atoms with van der Waals surface area (Å²) in [5.74, 6) is 0.954. The number of halogens is 1. The van der Waals surface area contributed by atoms with E-state index in [-0.39, 0.29) is 24.0 Å². The molecule has 1 aromatic rings. The van der Waals surface area contributed by atoms with Gasteiger partial charge in [-0.15, -0.1) is 41.9 Å². The van der Waals surface area contributed by atoms with E-state index in [0.717, 1.165) is 58.2 Å². The second kappa shape index (κ2) is 12.7. The highest BCUT2D eigenvalue weighted by Crippen LogP contribution is 2.27. The summed E-state index contributed by atoms with van der Waals surface area (Å²) in [6.07, 6.45) is 4.10. The van der Waals surface area contributed by atoms with Gasteiger partial charge in [-0.1, -0.05) is 6.08 Å². The van der Waals surface area contributed by atoms with Crippen LogP contribution >= 0.6 is 35.3 Å². The minimum absolute atomic E-state index is 0. The second-order valence-electron chi connectivity index (χ2n) is 6.39. The predicted octanol–water partition coefficient (Wildman–Crippen LogP) is 3.52. The maximum Gasteiger partial charge on any atom is 0.193 e.